The van der Waals surface area contributed by atoms with E-state index in [0.717, 1.165) is 13.0 Å². The molecule has 0 spiro atoms. The number of nitrogens with one attached hydrogen (secondary N) is 1. The summed E-state index contributed by atoms with van der Waals surface area (Å²) >= 11 is 1.77. The van der Waals surface area contributed by atoms with Gasteiger partial charge in [0.1, 0.15) is 0 Å². The predicted molar refractivity (Wildman–Crippen MR) is 95.4 cm³/mol. The predicted octanol–water partition coefficient (Wildman–Crippen LogP) is 2.50. The van der Waals surface area contributed by atoms with E-state index in [-0.39, 0.29) is 6.04 Å². The average Bonchev–Trinajstić information content (AvgIpc) is 3.01. The lowest BCUT2D eigenvalue weighted by molar-refractivity contribution is 0.306. The Morgan fingerprint density at radius 1 is 1.23 bits per heavy atom. The van der Waals surface area contributed by atoms with E-state index >= 15 is 0 Å². The maximum atomic E-state index is 5.96. The summed E-state index contributed by atoms with van der Waals surface area (Å²) < 4.78 is 0. The quantitative estimate of drug-likeness (QED) is 0.609. The summed E-state index contributed by atoms with van der Waals surface area (Å²) in [7, 11) is 4.13. The van der Waals surface area contributed by atoms with Gasteiger partial charge >= 0.3 is 0 Å². The molecule has 0 saturated heterocycles. The lowest BCUT2D eigenvalue weighted by atomic mass is 10.1. The van der Waals surface area contributed by atoms with Gasteiger partial charge in [-0.25, -0.2) is 0 Å². The highest BCUT2D eigenvalue weighted by Crippen LogP contribution is 2.17. The number of aliphatic imine (C=N–C) groups is 1. The molecule has 0 amide bonds. The summed E-state index contributed by atoms with van der Waals surface area (Å²) in [6.07, 6.45) is 0.976. The van der Waals surface area contributed by atoms with Crippen molar-refractivity contribution in [3.63, 3.8) is 0 Å². The second-order valence-corrected chi connectivity index (χ2v) is 6.40. The number of nitrogens with zero attached hydrogens (tertiary/aromatic N) is 2. The Balaban J connectivity index is 1.84. The van der Waals surface area contributed by atoms with Crippen molar-refractivity contribution in [2.45, 2.75) is 12.5 Å². The summed E-state index contributed by atoms with van der Waals surface area (Å²) in [4.78, 5) is 8.01. The summed E-state index contributed by atoms with van der Waals surface area (Å²) in [5, 5.41) is 5.27. The van der Waals surface area contributed by atoms with Gasteiger partial charge in [-0.2, -0.15) is 0 Å². The van der Waals surface area contributed by atoms with Crippen LogP contribution < -0.4 is 11.1 Å². The molecular formula is C17H24N4S. The maximum absolute atomic E-state index is 5.96. The highest BCUT2D eigenvalue weighted by molar-refractivity contribution is 7.09. The molecule has 1 aromatic heterocycles. The van der Waals surface area contributed by atoms with Crippen LogP contribution in [0.4, 0.5) is 0 Å². The van der Waals surface area contributed by atoms with Crippen molar-refractivity contribution in [1.29, 1.82) is 0 Å². The van der Waals surface area contributed by atoms with Crippen molar-refractivity contribution in [2.24, 2.45) is 10.7 Å². The SMILES string of the molecule is CN(C)C(CN=C(N)NCCc1cccs1)c1ccccc1. The minimum absolute atomic E-state index is 0.235. The Hall–Kier alpha value is -1.85. The molecular weight excluding hydrogens is 292 g/mol. The van der Waals surface area contributed by atoms with Gasteiger partial charge in [0.2, 0.25) is 0 Å². The van der Waals surface area contributed by atoms with Crippen molar-refractivity contribution >= 4 is 17.3 Å². The Labute approximate surface area is 136 Å². The van der Waals surface area contributed by atoms with Crippen molar-refractivity contribution in [3.8, 4) is 0 Å². The first-order chi connectivity index (χ1) is 10.7. The second-order valence-electron chi connectivity index (χ2n) is 5.37. The van der Waals surface area contributed by atoms with Gasteiger partial charge in [-0.05, 0) is 37.5 Å². The molecule has 118 valence electrons. The number of benzene rings is 1. The molecule has 0 fully saturated rings. The van der Waals surface area contributed by atoms with E-state index < -0.39 is 0 Å². The van der Waals surface area contributed by atoms with Crippen LogP contribution in [0, 0.1) is 0 Å². The van der Waals surface area contributed by atoms with Gasteiger partial charge in [-0.15, -0.1) is 11.3 Å². The summed E-state index contributed by atoms with van der Waals surface area (Å²) in [6.45, 7) is 1.46. The fraction of sp³-hybridized carbons (Fsp3) is 0.353. The van der Waals surface area contributed by atoms with Crippen LogP contribution in [0.25, 0.3) is 0 Å². The number of likely N-dealkylation sites (N-methyl/N-ethyl adjacent to an activating group) is 1. The van der Waals surface area contributed by atoms with Crippen LogP contribution in [0.5, 0.6) is 0 Å². The number of hydrogen-bond acceptors (Lipinski definition) is 3. The van der Waals surface area contributed by atoms with Crippen LogP contribution in [0.3, 0.4) is 0 Å². The first kappa shape index (κ1) is 16.5. The molecule has 4 nitrogen and oxygen atoms in total. The number of nitrogens with two attached hydrogens (primary N) is 1. The zero-order chi connectivity index (χ0) is 15.8. The average molecular weight is 316 g/mol. The molecule has 1 atom stereocenters. The molecule has 3 N–H and O–H groups in total. The van der Waals surface area contributed by atoms with Crippen LogP contribution >= 0.6 is 11.3 Å². The van der Waals surface area contributed by atoms with Crippen LogP contribution in [-0.2, 0) is 6.42 Å². The standard InChI is InChI=1S/C17H24N4S/c1-21(2)16(14-7-4-3-5-8-14)13-20-17(18)19-11-10-15-9-6-12-22-15/h3-9,12,16H,10-11,13H2,1-2H3,(H3,18,19,20). The molecule has 1 unspecified atom stereocenters. The number of hydrogen-bond donors (Lipinski definition) is 2. The molecule has 5 heteroatoms. The second kappa shape index (κ2) is 8.56. The van der Waals surface area contributed by atoms with Gasteiger partial charge in [0.15, 0.2) is 5.96 Å². The first-order valence-electron chi connectivity index (χ1n) is 7.44. The minimum Gasteiger partial charge on any atom is -0.370 e. The smallest absolute Gasteiger partial charge is 0.188 e. The van der Waals surface area contributed by atoms with Gasteiger partial charge in [0.05, 0.1) is 12.6 Å². The van der Waals surface area contributed by atoms with Crippen molar-refractivity contribution in [1.82, 2.24) is 10.2 Å². The van der Waals surface area contributed by atoms with Gasteiger partial charge < -0.3 is 16.0 Å². The fourth-order valence-electron chi connectivity index (χ4n) is 2.25. The van der Waals surface area contributed by atoms with Crippen molar-refractivity contribution in [2.75, 3.05) is 27.2 Å². The zero-order valence-electron chi connectivity index (χ0n) is 13.2. The molecule has 1 aromatic carbocycles. The van der Waals surface area contributed by atoms with E-state index in [9.17, 15) is 0 Å². The van der Waals surface area contributed by atoms with E-state index in [2.05, 4.69) is 71.1 Å². The third-order valence-corrected chi connectivity index (χ3v) is 4.44. The Bertz CT molecular complexity index is 564. The third kappa shape index (κ3) is 5.16. The topological polar surface area (TPSA) is 53.6 Å². The molecule has 0 aliphatic rings. The van der Waals surface area contributed by atoms with Crippen molar-refractivity contribution in [3.05, 3.63) is 58.3 Å². The highest BCUT2D eigenvalue weighted by Gasteiger charge is 2.12. The lowest BCUT2D eigenvalue weighted by Crippen LogP contribution is -2.34. The Morgan fingerprint density at radius 3 is 2.64 bits per heavy atom. The van der Waals surface area contributed by atoms with Crippen molar-refractivity contribution < 1.29 is 0 Å². The van der Waals surface area contributed by atoms with Gasteiger partial charge in [-0.1, -0.05) is 36.4 Å². The Morgan fingerprint density at radius 2 is 2.00 bits per heavy atom. The lowest BCUT2D eigenvalue weighted by Gasteiger charge is -2.23. The van der Waals surface area contributed by atoms with Crippen LogP contribution in [-0.4, -0.2) is 38.0 Å². The highest BCUT2D eigenvalue weighted by atomic mass is 32.1. The molecule has 2 aromatic rings. The maximum Gasteiger partial charge on any atom is 0.188 e. The molecule has 0 saturated carbocycles. The molecule has 0 aliphatic carbocycles. The largest absolute Gasteiger partial charge is 0.370 e. The summed E-state index contributed by atoms with van der Waals surface area (Å²) in [5.41, 5.74) is 7.22. The van der Waals surface area contributed by atoms with Gasteiger partial charge in [0.25, 0.3) is 0 Å². The van der Waals surface area contributed by atoms with Gasteiger partial charge in [-0.3, -0.25) is 4.99 Å². The number of rotatable bonds is 7. The van der Waals surface area contributed by atoms with Gasteiger partial charge in [0, 0.05) is 11.4 Å². The van der Waals surface area contributed by atoms with E-state index in [0.29, 0.717) is 12.5 Å². The molecule has 2 rings (SSSR count). The Kier molecular flexibility index (Phi) is 6.43. The molecule has 1 heterocycles. The van der Waals surface area contributed by atoms with E-state index in [1.807, 2.05) is 6.07 Å². The molecule has 0 bridgehead atoms. The molecule has 0 radical (unpaired) electrons. The summed E-state index contributed by atoms with van der Waals surface area (Å²) in [5.74, 6) is 0.513. The normalized spacial score (nSPS) is 13.3. The van der Waals surface area contributed by atoms with E-state index in [1.54, 1.807) is 11.3 Å². The number of guanidine groups is 1. The minimum atomic E-state index is 0.235. The van der Waals surface area contributed by atoms with Crippen LogP contribution in [0.1, 0.15) is 16.5 Å². The zero-order valence-corrected chi connectivity index (χ0v) is 14.0. The van der Waals surface area contributed by atoms with Crippen LogP contribution in [0.2, 0.25) is 0 Å². The van der Waals surface area contributed by atoms with Crippen LogP contribution in [0.15, 0.2) is 52.8 Å². The fourth-order valence-corrected chi connectivity index (χ4v) is 2.96. The molecule has 22 heavy (non-hydrogen) atoms. The molecule has 0 aliphatic heterocycles. The first-order valence-corrected chi connectivity index (χ1v) is 8.32. The number of thiophene rings is 1. The third-order valence-electron chi connectivity index (χ3n) is 3.50. The van der Waals surface area contributed by atoms with E-state index in [4.69, 9.17) is 5.73 Å². The van der Waals surface area contributed by atoms with E-state index in [1.165, 1.54) is 10.4 Å². The monoisotopic (exact) mass is 316 g/mol. The summed E-state index contributed by atoms with van der Waals surface area (Å²) in [6, 6.07) is 14.8.